The van der Waals surface area contributed by atoms with Gasteiger partial charge in [-0.15, -0.1) is 0 Å². The summed E-state index contributed by atoms with van der Waals surface area (Å²) in [6.45, 7) is 8.00. The standard InChI is InChI=1S/2C6H10/c2*1-3-5-6-4-2/h2*3-6H,1-2H3. The van der Waals surface area contributed by atoms with E-state index in [1.165, 1.54) is 0 Å². The van der Waals surface area contributed by atoms with Gasteiger partial charge in [-0.3, -0.25) is 0 Å². The molecule has 12 heavy (non-hydrogen) atoms. The van der Waals surface area contributed by atoms with E-state index in [0.717, 1.165) is 0 Å². The average molecular weight is 164 g/mol. The van der Waals surface area contributed by atoms with Crippen LogP contribution in [0.25, 0.3) is 0 Å². The fourth-order valence-corrected chi connectivity index (χ4v) is 0.444. The molecule has 0 fully saturated rings. The first-order valence-electron chi connectivity index (χ1n) is 4.31. The quantitative estimate of drug-likeness (QED) is 0.534. The topological polar surface area (TPSA) is 0 Å². The molecule has 0 aromatic carbocycles. The molecule has 0 aliphatic heterocycles. The van der Waals surface area contributed by atoms with E-state index in [1.54, 1.807) is 0 Å². The van der Waals surface area contributed by atoms with Gasteiger partial charge in [0.25, 0.3) is 0 Å². The van der Waals surface area contributed by atoms with Crippen LogP contribution in [0.2, 0.25) is 0 Å². The molecule has 0 atom stereocenters. The second-order valence-corrected chi connectivity index (χ2v) is 2.10. The Balaban J connectivity index is 0. The zero-order valence-corrected chi connectivity index (χ0v) is 8.62. The first kappa shape index (κ1) is 13.5. The highest BCUT2D eigenvalue weighted by Crippen LogP contribution is 1.71. The third-order valence-electron chi connectivity index (χ3n) is 0.992. The Morgan fingerprint density at radius 3 is 0.667 bits per heavy atom. The molecule has 0 aromatic heterocycles. The summed E-state index contributed by atoms with van der Waals surface area (Å²) in [5, 5.41) is 0. The van der Waals surface area contributed by atoms with Crippen LogP contribution >= 0.6 is 0 Å². The minimum Gasteiger partial charge on any atom is -0.0877 e. The van der Waals surface area contributed by atoms with E-state index in [2.05, 4.69) is 0 Å². The summed E-state index contributed by atoms with van der Waals surface area (Å²) in [4.78, 5) is 0. The SMILES string of the molecule is CC=CC=CC.CC=CC=CC. The first-order valence-corrected chi connectivity index (χ1v) is 4.31. The van der Waals surface area contributed by atoms with Gasteiger partial charge in [0, 0.05) is 0 Å². The monoisotopic (exact) mass is 164 g/mol. The molecule has 0 nitrogen and oxygen atoms in total. The van der Waals surface area contributed by atoms with Gasteiger partial charge in [-0.2, -0.15) is 0 Å². The van der Waals surface area contributed by atoms with Gasteiger partial charge in [0.15, 0.2) is 0 Å². The molecule has 0 aliphatic carbocycles. The van der Waals surface area contributed by atoms with Crippen LogP contribution in [-0.4, -0.2) is 0 Å². The van der Waals surface area contributed by atoms with Crippen LogP contribution in [0.15, 0.2) is 48.6 Å². The maximum atomic E-state index is 2.00. The molecule has 0 aliphatic rings. The molecule has 0 rings (SSSR count). The van der Waals surface area contributed by atoms with Crippen molar-refractivity contribution in [2.75, 3.05) is 0 Å². The van der Waals surface area contributed by atoms with Crippen molar-refractivity contribution in [2.45, 2.75) is 27.7 Å². The fraction of sp³-hybridized carbons (Fsp3) is 0.333. The van der Waals surface area contributed by atoms with Crippen LogP contribution in [0.3, 0.4) is 0 Å². The second-order valence-electron chi connectivity index (χ2n) is 2.10. The van der Waals surface area contributed by atoms with Crippen LogP contribution in [0.1, 0.15) is 27.7 Å². The maximum absolute atomic E-state index is 2.00. The highest BCUT2D eigenvalue weighted by atomic mass is 13.6. The average Bonchev–Trinajstić information content (AvgIpc) is 2.12. The summed E-state index contributed by atoms with van der Waals surface area (Å²) in [6, 6.07) is 0. The number of hydrogen-bond donors (Lipinski definition) is 0. The summed E-state index contributed by atoms with van der Waals surface area (Å²) >= 11 is 0. The Hall–Kier alpha value is -1.04. The maximum Gasteiger partial charge on any atom is -0.0467 e. The van der Waals surface area contributed by atoms with Gasteiger partial charge in [0.1, 0.15) is 0 Å². The van der Waals surface area contributed by atoms with E-state index < -0.39 is 0 Å². The Morgan fingerprint density at radius 1 is 0.417 bits per heavy atom. The summed E-state index contributed by atoms with van der Waals surface area (Å²) in [5.41, 5.74) is 0. The molecule has 0 heterocycles. The van der Waals surface area contributed by atoms with Crippen molar-refractivity contribution in [3.8, 4) is 0 Å². The van der Waals surface area contributed by atoms with Gasteiger partial charge in [-0.05, 0) is 27.7 Å². The number of allylic oxidation sites excluding steroid dienone is 8. The van der Waals surface area contributed by atoms with Crippen molar-refractivity contribution < 1.29 is 0 Å². The van der Waals surface area contributed by atoms with E-state index in [-0.39, 0.29) is 0 Å². The van der Waals surface area contributed by atoms with Crippen LogP contribution < -0.4 is 0 Å². The third kappa shape index (κ3) is 23.1. The molecule has 0 spiro atoms. The Labute approximate surface area is 77.0 Å². The summed E-state index contributed by atoms with van der Waals surface area (Å²) < 4.78 is 0. The zero-order chi connectivity index (χ0) is 9.66. The Morgan fingerprint density at radius 2 is 0.583 bits per heavy atom. The van der Waals surface area contributed by atoms with E-state index >= 15 is 0 Å². The predicted octanol–water partition coefficient (Wildman–Crippen LogP) is 4.28. The van der Waals surface area contributed by atoms with Crippen molar-refractivity contribution in [3.63, 3.8) is 0 Å². The van der Waals surface area contributed by atoms with Gasteiger partial charge in [-0.1, -0.05) is 48.6 Å². The number of rotatable bonds is 2. The van der Waals surface area contributed by atoms with Crippen molar-refractivity contribution >= 4 is 0 Å². The Bertz CT molecular complexity index is 117. The molecule has 0 amide bonds. The van der Waals surface area contributed by atoms with Crippen LogP contribution in [0.5, 0.6) is 0 Å². The van der Waals surface area contributed by atoms with Crippen molar-refractivity contribution in [1.82, 2.24) is 0 Å². The number of hydrogen-bond acceptors (Lipinski definition) is 0. The molecule has 0 bridgehead atoms. The van der Waals surface area contributed by atoms with Crippen molar-refractivity contribution in [3.05, 3.63) is 48.6 Å². The van der Waals surface area contributed by atoms with Crippen molar-refractivity contribution in [2.24, 2.45) is 0 Å². The molecular formula is C12H20. The molecule has 0 radical (unpaired) electrons. The summed E-state index contributed by atoms with van der Waals surface area (Å²) in [7, 11) is 0. The largest absolute Gasteiger partial charge is 0.0877 e. The summed E-state index contributed by atoms with van der Waals surface area (Å²) in [5.74, 6) is 0. The summed E-state index contributed by atoms with van der Waals surface area (Å²) in [6.07, 6.45) is 16.0. The minimum absolute atomic E-state index is 2.00. The van der Waals surface area contributed by atoms with E-state index in [0.29, 0.717) is 0 Å². The molecule has 0 heteroatoms. The van der Waals surface area contributed by atoms with Gasteiger partial charge in [0.2, 0.25) is 0 Å². The third-order valence-corrected chi connectivity index (χ3v) is 0.992. The fourth-order valence-electron chi connectivity index (χ4n) is 0.444. The predicted molar refractivity (Wildman–Crippen MR) is 59.3 cm³/mol. The first-order chi connectivity index (χ1) is 5.83. The van der Waals surface area contributed by atoms with Gasteiger partial charge < -0.3 is 0 Å². The lowest BCUT2D eigenvalue weighted by molar-refractivity contribution is 1.69. The highest BCUT2D eigenvalue weighted by Gasteiger charge is 1.49. The zero-order valence-electron chi connectivity index (χ0n) is 8.62. The van der Waals surface area contributed by atoms with Crippen LogP contribution in [0.4, 0.5) is 0 Å². The normalized spacial score (nSPS) is 11.7. The van der Waals surface area contributed by atoms with Crippen LogP contribution in [-0.2, 0) is 0 Å². The molecule has 0 saturated heterocycles. The van der Waals surface area contributed by atoms with E-state index in [9.17, 15) is 0 Å². The smallest absolute Gasteiger partial charge is 0.0467 e. The second kappa shape index (κ2) is 16.5. The van der Waals surface area contributed by atoms with Crippen molar-refractivity contribution in [1.29, 1.82) is 0 Å². The molecular weight excluding hydrogens is 144 g/mol. The highest BCUT2D eigenvalue weighted by molar-refractivity contribution is 4.99. The van der Waals surface area contributed by atoms with Crippen LogP contribution in [0, 0.1) is 0 Å². The lowest BCUT2D eigenvalue weighted by Gasteiger charge is -1.62. The van der Waals surface area contributed by atoms with E-state index in [4.69, 9.17) is 0 Å². The molecule has 0 N–H and O–H groups in total. The van der Waals surface area contributed by atoms with Gasteiger partial charge >= 0.3 is 0 Å². The Kier molecular flexibility index (Phi) is 18.6. The lowest BCUT2D eigenvalue weighted by atomic mass is 10.5. The molecule has 68 valence electrons. The van der Waals surface area contributed by atoms with Gasteiger partial charge in [-0.25, -0.2) is 0 Å². The molecule has 0 unspecified atom stereocenters. The lowest BCUT2D eigenvalue weighted by Crippen LogP contribution is -1.40. The minimum atomic E-state index is 2.00. The van der Waals surface area contributed by atoms with E-state index in [1.807, 2.05) is 76.3 Å². The molecule has 0 aromatic rings. The molecule has 0 saturated carbocycles. The van der Waals surface area contributed by atoms with Gasteiger partial charge in [0.05, 0.1) is 0 Å².